The van der Waals surface area contributed by atoms with Gasteiger partial charge in [0.1, 0.15) is 0 Å². The van der Waals surface area contributed by atoms with Gasteiger partial charge in [0.05, 0.1) is 13.7 Å². The van der Waals surface area contributed by atoms with Crippen LogP contribution in [0.25, 0.3) is 17.2 Å². The van der Waals surface area contributed by atoms with Crippen LogP contribution in [0, 0.1) is 5.92 Å². The van der Waals surface area contributed by atoms with Crippen LogP contribution in [-0.2, 0) is 20.9 Å². The number of esters is 1. The lowest BCUT2D eigenvalue weighted by Crippen LogP contribution is -2.37. The van der Waals surface area contributed by atoms with Crippen LogP contribution in [0.15, 0.2) is 78.9 Å². The van der Waals surface area contributed by atoms with E-state index in [1.54, 1.807) is 6.08 Å². The van der Waals surface area contributed by atoms with Crippen LogP contribution in [0.3, 0.4) is 0 Å². The van der Waals surface area contributed by atoms with Crippen LogP contribution in [0.1, 0.15) is 24.0 Å². The maximum atomic E-state index is 13.7. The molecule has 1 fully saturated rings. The van der Waals surface area contributed by atoms with Gasteiger partial charge in [-0.3, -0.25) is 4.79 Å². The molecule has 0 N–H and O–H groups in total. The van der Waals surface area contributed by atoms with Crippen LogP contribution in [0.5, 0.6) is 0 Å². The number of carbonyl (C=O) groups excluding carboxylic acids is 2. The number of hydrogen-bond acceptors (Lipinski definition) is 5. The van der Waals surface area contributed by atoms with E-state index in [0.717, 1.165) is 52.3 Å². The molecule has 0 saturated carbocycles. The number of anilines is 2. The number of thioether (sulfide) groups is 1. The molecule has 1 heterocycles. The summed E-state index contributed by atoms with van der Waals surface area (Å²) in [6.45, 7) is 0.493. The summed E-state index contributed by atoms with van der Waals surface area (Å²) in [5.74, 6) is 1.83. The van der Waals surface area contributed by atoms with Gasteiger partial charge in [-0.15, -0.1) is 0 Å². The van der Waals surface area contributed by atoms with Gasteiger partial charge in [-0.1, -0.05) is 48.5 Å². The Hall–Kier alpha value is -3.51. The van der Waals surface area contributed by atoms with Crippen molar-refractivity contribution >= 4 is 41.1 Å². The summed E-state index contributed by atoms with van der Waals surface area (Å²) < 4.78 is 4.71. The van der Waals surface area contributed by atoms with Gasteiger partial charge < -0.3 is 14.5 Å². The van der Waals surface area contributed by atoms with Gasteiger partial charge in [0.2, 0.25) is 5.91 Å². The quantitative estimate of drug-likeness (QED) is 0.261. The SMILES string of the molecule is COC(=O)/C=C/c1cccc(N(Cc2ccc(-c3ccc(N(C)C)cc3)cc2)C(=O)C2CCSCC2)c1. The molecule has 0 unspecified atom stereocenters. The third-order valence-electron chi connectivity index (χ3n) is 6.64. The van der Waals surface area contributed by atoms with Gasteiger partial charge in [0.15, 0.2) is 0 Å². The molecule has 37 heavy (non-hydrogen) atoms. The van der Waals surface area contributed by atoms with Crippen molar-refractivity contribution in [3.63, 3.8) is 0 Å². The predicted octanol–water partition coefficient (Wildman–Crippen LogP) is 6.28. The van der Waals surface area contributed by atoms with Crippen molar-refractivity contribution in [2.24, 2.45) is 5.92 Å². The first-order valence-electron chi connectivity index (χ1n) is 12.6. The molecule has 192 valence electrons. The number of benzene rings is 3. The number of ether oxygens (including phenoxy) is 1. The molecule has 3 aromatic carbocycles. The molecule has 0 spiro atoms. The lowest BCUT2D eigenvalue weighted by atomic mass is 9.99. The lowest BCUT2D eigenvalue weighted by molar-refractivity contribution is -0.134. The minimum Gasteiger partial charge on any atom is -0.466 e. The molecule has 0 aromatic heterocycles. The number of carbonyl (C=O) groups is 2. The Bertz CT molecular complexity index is 1230. The van der Waals surface area contributed by atoms with Gasteiger partial charge >= 0.3 is 5.97 Å². The van der Waals surface area contributed by atoms with Crippen molar-refractivity contribution in [3.05, 3.63) is 90.0 Å². The normalized spacial score (nSPS) is 13.9. The van der Waals surface area contributed by atoms with E-state index >= 15 is 0 Å². The summed E-state index contributed by atoms with van der Waals surface area (Å²) in [4.78, 5) is 29.3. The van der Waals surface area contributed by atoms with E-state index in [1.165, 1.54) is 18.9 Å². The molecule has 0 atom stereocenters. The van der Waals surface area contributed by atoms with Crippen molar-refractivity contribution in [3.8, 4) is 11.1 Å². The summed E-state index contributed by atoms with van der Waals surface area (Å²) in [5.41, 5.74) is 6.22. The fourth-order valence-corrected chi connectivity index (χ4v) is 5.53. The molecule has 0 bridgehead atoms. The van der Waals surface area contributed by atoms with Gasteiger partial charge in [-0.2, -0.15) is 11.8 Å². The van der Waals surface area contributed by atoms with E-state index in [4.69, 9.17) is 4.74 Å². The fourth-order valence-electron chi connectivity index (χ4n) is 4.43. The zero-order chi connectivity index (χ0) is 26.2. The first-order chi connectivity index (χ1) is 17.9. The zero-order valence-corrected chi connectivity index (χ0v) is 22.5. The summed E-state index contributed by atoms with van der Waals surface area (Å²) in [7, 11) is 5.43. The first kappa shape index (κ1) is 26.6. The average molecular weight is 515 g/mol. The molecule has 5 nitrogen and oxygen atoms in total. The highest BCUT2D eigenvalue weighted by Gasteiger charge is 2.27. The smallest absolute Gasteiger partial charge is 0.330 e. The Kier molecular flexibility index (Phi) is 9.07. The van der Waals surface area contributed by atoms with E-state index < -0.39 is 5.97 Å². The van der Waals surface area contributed by atoms with Crippen LogP contribution in [0.2, 0.25) is 0 Å². The molecule has 1 saturated heterocycles. The Morgan fingerprint density at radius 2 is 1.57 bits per heavy atom. The monoisotopic (exact) mass is 514 g/mol. The summed E-state index contributed by atoms with van der Waals surface area (Å²) in [6, 6.07) is 24.7. The minimum atomic E-state index is -0.408. The van der Waals surface area contributed by atoms with Gasteiger partial charge in [-0.25, -0.2) is 4.79 Å². The standard InChI is InChI=1S/C31H34N2O3S/c1-32(2)28-14-12-26(13-15-28)25-10-7-24(8-11-25)22-33(31(35)27-17-19-37-20-18-27)29-6-4-5-23(21-29)9-16-30(34)36-3/h4-16,21,27H,17-20,22H2,1-3H3/b16-9+. The number of nitrogens with zero attached hydrogens (tertiary/aromatic N) is 2. The molecule has 6 heteroatoms. The molecular weight excluding hydrogens is 480 g/mol. The summed E-state index contributed by atoms with van der Waals surface area (Å²) in [5, 5.41) is 0. The summed E-state index contributed by atoms with van der Waals surface area (Å²) in [6.07, 6.45) is 4.92. The number of hydrogen-bond donors (Lipinski definition) is 0. The average Bonchev–Trinajstić information content (AvgIpc) is 2.95. The van der Waals surface area contributed by atoms with E-state index in [0.29, 0.717) is 6.54 Å². The zero-order valence-electron chi connectivity index (χ0n) is 21.7. The molecule has 1 aliphatic rings. The fraction of sp³-hybridized carbons (Fsp3) is 0.290. The van der Waals surface area contributed by atoms with Crippen LogP contribution >= 0.6 is 11.8 Å². The number of methoxy groups -OCH3 is 1. The van der Waals surface area contributed by atoms with E-state index in [9.17, 15) is 9.59 Å². The Morgan fingerprint density at radius 1 is 0.919 bits per heavy atom. The minimum absolute atomic E-state index is 0.0324. The van der Waals surface area contributed by atoms with Gasteiger partial charge in [-0.05, 0) is 76.9 Å². The van der Waals surface area contributed by atoms with Gasteiger partial charge in [0.25, 0.3) is 0 Å². The Balaban J connectivity index is 1.58. The molecule has 0 radical (unpaired) electrons. The van der Waals surface area contributed by atoms with E-state index in [-0.39, 0.29) is 11.8 Å². The largest absolute Gasteiger partial charge is 0.466 e. The van der Waals surface area contributed by atoms with E-state index in [2.05, 4.69) is 53.4 Å². The number of rotatable bonds is 8. The van der Waals surface area contributed by atoms with Crippen molar-refractivity contribution in [2.45, 2.75) is 19.4 Å². The third kappa shape index (κ3) is 7.04. The van der Waals surface area contributed by atoms with Crippen LogP contribution < -0.4 is 9.80 Å². The molecule has 0 aliphatic carbocycles. The second-order valence-electron chi connectivity index (χ2n) is 9.40. The molecule has 3 aromatic rings. The predicted molar refractivity (Wildman–Crippen MR) is 155 cm³/mol. The van der Waals surface area contributed by atoms with Crippen LogP contribution in [0.4, 0.5) is 11.4 Å². The third-order valence-corrected chi connectivity index (χ3v) is 7.69. The molecular formula is C31H34N2O3S. The topological polar surface area (TPSA) is 49.9 Å². The number of amides is 1. The second-order valence-corrected chi connectivity index (χ2v) is 10.6. The molecule has 4 rings (SSSR count). The Morgan fingerprint density at radius 3 is 2.19 bits per heavy atom. The Labute approximate surface area is 224 Å². The van der Waals surface area contributed by atoms with Crippen LogP contribution in [-0.4, -0.2) is 44.6 Å². The highest BCUT2D eigenvalue weighted by atomic mass is 32.2. The summed E-state index contributed by atoms with van der Waals surface area (Å²) >= 11 is 1.92. The molecule has 1 aliphatic heterocycles. The first-order valence-corrected chi connectivity index (χ1v) is 13.7. The maximum Gasteiger partial charge on any atom is 0.330 e. The maximum absolute atomic E-state index is 13.7. The van der Waals surface area contributed by atoms with Crippen molar-refractivity contribution in [2.75, 3.05) is 42.5 Å². The molecule has 1 amide bonds. The highest BCUT2D eigenvalue weighted by molar-refractivity contribution is 7.99. The van der Waals surface area contributed by atoms with E-state index in [1.807, 2.05) is 55.0 Å². The highest BCUT2D eigenvalue weighted by Crippen LogP contribution is 2.29. The van der Waals surface area contributed by atoms with Crippen molar-refractivity contribution < 1.29 is 14.3 Å². The second kappa shape index (κ2) is 12.6. The van der Waals surface area contributed by atoms with Gasteiger partial charge in [0, 0.05) is 37.5 Å². The van der Waals surface area contributed by atoms with Crippen molar-refractivity contribution in [1.82, 2.24) is 0 Å². The van der Waals surface area contributed by atoms with Crippen molar-refractivity contribution in [1.29, 1.82) is 0 Å². The lowest BCUT2D eigenvalue weighted by Gasteiger charge is -2.30.